The topological polar surface area (TPSA) is 59.9 Å². The summed E-state index contributed by atoms with van der Waals surface area (Å²) < 4.78 is 4.96. The molecule has 2 heterocycles. The molecule has 0 amide bonds. The molecule has 6 heteroatoms. The Morgan fingerprint density at radius 1 is 1.41 bits per heavy atom. The van der Waals surface area contributed by atoms with Crippen molar-refractivity contribution >= 4 is 16.5 Å². The second kappa shape index (κ2) is 5.70. The van der Waals surface area contributed by atoms with Gasteiger partial charge >= 0.3 is 0 Å². The van der Waals surface area contributed by atoms with E-state index in [1.807, 2.05) is 19.2 Å². The molecule has 0 aliphatic heterocycles. The highest BCUT2D eigenvalue weighted by atomic mass is 32.1. The second-order valence-corrected chi connectivity index (χ2v) is 4.47. The minimum atomic E-state index is 0.668. The lowest BCUT2D eigenvalue weighted by Gasteiger charge is -1.99. The Morgan fingerprint density at radius 3 is 3.06 bits per heavy atom. The van der Waals surface area contributed by atoms with Gasteiger partial charge < -0.3 is 10.1 Å². The average Bonchev–Trinajstić information content (AvgIpc) is 2.78. The minimum Gasteiger partial charge on any atom is -0.383 e. The van der Waals surface area contributed by atoms with Gasteiger partial charge in [-0.3, -0.25) is 0 Å². The number of aromatic nitrogens is 3. The predicted molar refractivity (Wildman–Crippen MR) is 68.2 cm³/mol. The third-order valence-corrected chi connectivity index (χ3v) is 3.09. The average molecular weight is 250 g/mol. The van der Waals surface area contributed by atoms with Gasteiger partial charge in [0.1, 0.15) is 5.82 Å². The molecule has 1 N–H and O–H groups in total. The molecule has 0 aromatic carbocycles. The second-order valence-electron chi connectivity index (χ2n) is 3.44. The van der Waals surface area contributed by atoms with Crippen LogP contribution in [0.1, 0.15) is 5.82 Å². The van der Waals surface area contributed by atoms with E-state index in [9.17, 15) is 0 Å². The van der Waals surface area contributed by atoms with Crippen LogP contribution in [0.25, 0.3) is 10.6 Å². The predicted octanol–water partition coefficient (Wildman–Crippen LogP) is 1.97. The molecular formula is C11H14N4OS. The molecule has 0 radical (unpaired) electrons. The van der Waals surface area contributed by atoms with Crippen LogP contribution in [0.3, 0.4) is 0 Å². The highest BCUT2D eigenvalue weighted by Crippen LogP contribution is 2.26. The van der Waals surface area contributed by atoms with E-state index < -0.39 is 0 Å². The number of rotatable bonds is 5. The summed E-state index contributed by atoms with van der Waals surface area (Å²) in [4.78, 5) is 13.8. The first-order chi connectivity index (χ1) is 8.29. The van der Waals surface area contributed by atoms with Crippen LogP contribution in [0.2, 0.25) is 0 Å². The summed E-state index contributed by atoms with van der Waals surface area (Å²) in [6.07, 6.45) is 3.58. The molecule has 5 nitrogen and oxygen atoms in total. The van der Waals surface area contributed by atoms with E-state index in [4.69, 9.17) is 4.74 Å². The SMILES string of the molecule is COCCNc1ncc(-c2ccnc(C)n2)s1. The molecule has 0 aliphatic carbocycles. The molecule has 0 unspecified atom stereocenters. The van der Waals surface area contributed by atoms with Crippen molar-refractivity contribution in [2.45, 2.75) is 6.92 Å². The van der Waals surface area contributed by atoms with Crippen LogP contribution in [0.5, 0.6) is 0 Å². The molecule has 0 saturated carbocycles. The maximum Gasteiger partial charge on any atom is 0.183 e. The molecule has 2 aromatic rings. The van der Waals surface area contributed by atoms with E-state index in [0.717, 1.165) is 28.1 Å². The highest BCUT2D eigenvalue weighted by Gasteiger charge is 2.05. The van der Waals surface area contributed by atoms with Crippen molar-refractivity contribution in [2.75, 3.05) is 25.6 Å². The monoisotopic (exact) mass is 250 g/mol. The van der Waals surface area contributed by atoms with E-state index >= 15 is 0 Å². The zero-order valence-corrected chi connectivity index (χ0v) is 10.6. The molecule has 2 rings (SSSR count). The maximum absolute atomic E-state index is 4.96. The Hall–Kier alpha value is -1.53. The van der Waals surface area contributed by atoms with E-state index in [-0.39, 0.29) is 0 Å². The van der Waals surface area contributed by atoms with Crippen LogP contribution < -0.4 is 5.32 Å². The van der Waals surface area contributed by atoms with Crippen molar-refractivity contribution in [1.29, 1.82) is 0 Å². The fourth-order valence-electron chi connectivity index (χ4n) is 1.33. The molecule has 90 valence electrons. The molecule has 0 saturated heterocycles. The van der Waals surface area contributed by atoms with Crippen LogP contribution in [0.15, 0.2) is 18.5 Å². The summed E-state index contributed by atoms with van der Waals surface area (Å²) in [5.74, 6) is 0.768. The Kier molecular flexibility index (Phi) is 4.00. The standard InChI is InChI=1S/C11H14N4OS/c1-8-12-4-3-9(15-8)10-7-14-11(17-10)13-5-6-16-2/h3-4,7H,5-6H2,1-2H3,(H,13,14). The van der Waals surface area contributed by atoms with Gasteiger partial charge in [0.2, 0.25) is 0 Å². The van der Waals surface area contributed by atoms with Gasteiger partial charge in [-0.05, 0) is 13.0 Å². The largest absolute Gasteiger partial charge is 0.383 e. The lowest BCUT2D eigenvalue weighted by Crippen LogP contribution is -2.06. The Morgan fingerprint density at radius 2 is 2.29 bits per heavy atom. The van der Waals surface area contributed by atoms with Crippen LogP contribution in [-0.4, -0.2) is 35.2 Å². The van der Waals surface area contributed by atoms with E-state index in [2.05, 4.69) is 20.3 Å². The number of nitrogens with one attached hydrogen (secondary N) is 1. The first kappa shape index (κ1) is 11.9. The van der Waals surface area contributed by atoms with Crippen molar-refractivity contribution in [3.05, 3.63) is 24.3 Å². The van der Waals surface area contributed by atoms with Crippen molar-refractivity contribution in [3.8, 4) is 10.6 Å². The van der Waals surface area contributed by atoms with Gasteiger partial charge in [0, 0.05) is 26.0 Å². The summed E-state index contributed by atoms with van der Waals surface area (Å²) >= 11 is 1.58. The highest BCUT2D eigenvalue weighted by molar-refractivity contribution is 7.18. The van der Waals surface area contributed by atoms with Gasteiger partial charge in [-0.15, -0.1) is 0 Å². The van der Waals surface area contributed by atoms with Crippen LogP contribution in [-0.2, 0) is 4.74 Å². The number of hydrogen-bond donors (Lipinski definition) is 1. The quantitative estimate of drug-likeness (QED) is 0.822. The summed E-state index contributed by atoms with van der Waals surface area (Å²) in [5, 5.41) is 4.07. The van der Waals surface area contributed by atoms with Crippen LogP contribution in [0, 0.1) is 6.92 Å². The van der Waals surface area contributed by atoms with Crippen LogP contribution >= 0.6 is 11.3 Å². The molecule has 17 heavy (non-hydrogen) atoms. The van der Waals surface area contributed by atoms with Gasteiger partial charge in [-0.1, -0.05) is 11.3 Å². The summed E-state index contributed by atoms with van der Waals surface area (Å²) in [5.41, 5.74) is 0.912. The van der Waals surface area contributed by atoms with Crippen LogP contribution in [0.4, 0.5) is 5.13 Å². The smallest absolute Gasteiger partial charge is 0.183 e. The first-order valence-corrected chi connectivity index (χ1v) is 6.10. The summed E-state index contributed by atoms with van der Waals surface area (Å²) in [7, 11) is 1.68. The van der Waals surface area contributed by atoms with E-state index in [1.54, 1.807) is 24.6 Å². The summed E-state index contributed by atoms with van der Waals surface area (Å²) in [6.45, 7) is 3.30. The van der Waals surface area contributed by atoms with Gasteiger partial charge in [0.15, 0.2) is 5.13 Å². The fraction of sp³-hybridized carbons (Fsp3) is 0.364. The summed E-state index contributed by atoms with van der Waals surface area (Å²) in [6, 6.07) is 1.89. The Balaban J connectivity index is 2.07. The number of ether oxygens (including phenoxy) is 1. The lowest BCUT2D eigenvalue weighted by molar-refractivity contribution is 0.211. The molecule has 2 aromatic heterocycles. The minimum absolute atomic E-state index is 0.668. The number of thiazole rings is 1. The van der Waals surface area contributed by atoms with E-state index in [0.29, 0.717) is 6.61 Å². The number of nitrogens with zero attached hydrogens (tertiary/aromatic N) is 3. The van der Waals surface area contributed by atoms with Gasteiger partial charge in [-0.25, -0.2) is 15.0 Å². The zero-order chi connectivity index (χ0) is 12.1. The maximum atomic E-state index is 4.96. The molecule has 0 aliphatic rings. The number of methoxy groups -OCH3 is 1. The van der Waals surface area contributed by atoms with Gasteiger partial charge in [0.25, 0.3) is 0 Å². The van der Waals surface area contributed by atoms with Gasteiger partial charge in [0.05, 0.1) is 17.2 Å². The van der Waals surface area contributed by atoms with E-state index in [1.165, 1.54) is 0 Å². The van der Waals surface area contributed by atoms with Crippen molar-refractivity contribution in [3.63, 3.8) is 0 Å². The Labute approximate surface area is 104 Å². The molecule has 0 atom stereocenters. The normalized spacial score (nSPS) is 10.5. The van der Waals surface area contributed by atoms with Crippen molar-refractivity contribution in [2.24, 2.45) is 0 Å². The number of hydrogen-bond acceptors (Lipinski definition) is 6. The molecule has 0 fully saturated rings. The Bertz CT molecular complexity index is 486. The fourth-order valence-corrected chi connectivity index (χ4v) is 2.14. The number of anilines is 1. The van der Waals surface area contributed by atoms with Crippen molar-refractivity contribution in [1.82, 2.24) is 15.0 Å². The van der Waals surface area contributed by atoms with Gasteiger partial charge in [-0.2, -0.15) is 0 Å². The molecular weight excluding hydrogens is 236 g/mol. The lowest BCUT2D eigenvalue weighted by atomic mass is 10.3. The third kappa shape index (κ3) is 3.21. The molecule has 0 bridgehead atoms. The molecule has 0 spiro atoms. The third-order valence-electron chi connectivity index (χ3n) is 2.12. The van der Waals surface area contributed by atoms with Crippen molar-refractivity contribution < 1.29 is 4.74 Å². The number of aryl methyl sites for hydroxylation is 1. The zero-order valence-electron chi connectivity index (χ0n) is 9.80. The first-order valence-electron chi connectivity index (χ1n) is 5.28.